The molecule has 0 fully saturated rings. The Morgan fingerprint density at radius 1 is 1.36 bits per heavy atom. The lowest BCUT2D eigenvalue weighted by Crippen LogP contribution is -1.92. The molecule has 0 aromatic heterocycles. The number of aromatic hydroxyl groups is 1. The second-order valence-electron chi connectivity index (χ2n) is 3.31. The van der Waals surface area contributed by atoms with Crippen molar-refractivity contribution in [2.75, 3.05) is 0 Å². The number of unbranched alkanes of at least 4 members (excludes halogenated alkanes) is 2. The number of hydrogen-bond donors (Lipinski definition) is 1. The van der Waals surface area contributed by atoms with Crippen LogP contribution in [0.1, 0.15) is 31.7 Å². The molecule has 0 atom stereocenters. The van der Waals surface area contributed by atoms with Crippen LogP contribution in [0.2, 0.25) is 0 Å². The van der Waals surface area contributed by atoms with Gasteiger partial charge in [0.25, 0.3) is 0 Å². The van der Waals surface area contributed by atoms with E-state index >= 15 is 0 Å². The number of phenols is 1. The molecule has 1 aromatic carbocycles. The van der Waals surface area contributed by atoms with E-state index in [0.717, 1.165) is 19.3 Å². The highest BCUT2D eigenvalue weighted by atomic mass is 79.9. The zero-order valence-corrected chi connectivity index (χ0v) is 9.77. The lowest BCUT2D eigenvalue weighted by molar-refractivity contribution is 0.453. The maximum atomic E-state index is 13.3. The summed E-state index contributed by atoms with van der Waals surface area (Å²) in [5.74, 6) is -0.275. The summed E-state index contributed by atoms with van der Waals surface area (Å²) in [5, 5.41) is 9.59. The molecule has 1 N–H and O–H groups in total. The quantitative estimate of drug-likeness (QED) is 0.811. The van der Waals surface area contributed by atoms with Crippen LogP contribution in [0, 0.1) is 5.82 Å². The lowest BCUT2D eigenvalue weighted by Gasteiger charge is -2.07. The number of rotatable bonds is 4. The molecule has 0 aliphatic carbocycles. The number of phenolic OH excluding ortho intramolecular Hbond substituents is 1. The fourth-order valence-corrected chi connectivity index (χ4v) is 1.74. The molecular formula is C11H14BrFO. The minimum Gasteiger partial charge on any atom is -0.506 e. The van der Waals surface area contributed by atoms with E-state index in [0.29, 0.717) is 16.5 Å². The molecule has 0 unspecified atom stereocenters. The van der Waals surface area contributed by atoms with Crippen molar-refractivity contribution in [1.29, 1.82) is 0 Å². The molecule has 0 bridgehead atoms. The minimum atomic E-state index is -0.318. The first-order valence-corrected chi connectivity index (χ1v) is 5.62. The minimum absolute atomic E-state index is 0.0427. The Balaban J connectivity index is 2.79. The van der Waals surface area contributed by atoms with E-state index in [1.807, 2.05) is 0 Å². The van der Waals surface area contributed by atoms with Crippen molar-refractivity contribution in [3.8, 4) is 5.75 Å². The molecule has 0 aliphatic rings. The van der Waals surface area contributed by atoms with E-state index in [9.17, 15) is 9.50 Å². The molecule has 0 saturated heterocycles. The molecule has 0 saturated carbocycles. The van der Waals surface area contributed by atoms with E-state index in [2.05, 4.69) is 22.9 Å². The van der Waals surface area contributed by atoms with Crippen molar-refractivity contribution in [2.45, 2.75) is 32.6 Å². The summed E-state index contributed by atoms with van der Waals surface area (Å²) >= 11 is 3.17. The summed E-state index contributed by atoms with van der Waals surface area (Å²) in [7, 11) is 0. The maximum absolute atomic E-state index is 13.3. The molecule has 1 aromatic rings. The first-order valence-electron chi connectivity index (χ1n) is 4.82. The monoisotopic (exact) mass is 260 g/mol. The van der Waals surface area contributed by atoms with E-state index < -0.39 is 0 Å². The Hall–Kier alpha value is -0.570. The van der Waals surface area contributed by atoms with Gasteiger partial charge < -0.3 is 5.11 Å². The fraction of sp³-hybridized carbons (Fsp3) is 0.455. The zero-order valence-electron chi connectivity index (χ0n) is 8.19. The van der Waals surface area contributed by atoms with Gasteiger partial charge in [0.2, 0.25) is 0 Å². The third-order valence-corrected chi connectivity index (χ3v) is 2.85. The van der Waals surface area contributed by atoms with Crippen LogP contribution in [0.3, 0.4) is 0 Å². The first kappa shape index (κ1) is 11.5. The van der Waals surface area contributed by atoms with Crippen molar-refractivity contribution in [3.63, 3.8) is 0 Å². The predicted molar refractivity (Wildman–Crippen MR) is 59.0 cm³/mol. The average molecular weight is 261 g/mol. The van der Waals surface area contributed by atoms with Crippen LogP contribution in [0.4, 0.5) is 4.39 Å². The van der Waals surface area contributed by atoms with Crippen molar-refractivity contribution < 1.29 is 9.50 Å². The molecule has 0 amide bonds. The van der Waals surface area contributed by atoms with Crippen LogP contribution < -0.4 is 0 Å². The van der Waals surface area contributed by atoms with Gasteiger partial charge >= 0.3 is 0 Å². The number of benzene rings is 1. The Kier molecular flexibility index (Phi) is 4.39. The van der Waals surface area contributed by atoms with Crippen LogP contribution in [0.15, 0.2) is 16.6 Å². The van der Waals surface area contributed by atoms with Gasteiger partial charge in [0.1, 0.15) is 11.6 Å². The Labute approximate surface area is 92.1 Å². The molecule has 1 nitrogen and oxygen atoms in total. The Bertz CT molecular complexity index is 312. The van der Waals surface area contributed by atoms with Crippen molar-refractivity contribution in [1.82, 2.24) is 0 Å². The zero-order chi connectivity index (χ0) is 10.6. The van der Waals surface area contributed by atoms with Crippen LogP contribution in [0.5, 0.6) is 5.75 Å². The van der Waals surface area contributed by atoms with Gasteiger partial charge in [-0.25, -0.2) is 4.39 Å². The summed E-state index contributed by atoms with van der Waals surface area (Å²) in [6, 6.07) is 2.90. The molecule has 78 valence electrons. The normalized spacial score (nSPS) is 10.5. The van der Waals surface area contributed by atoms with Gasteiger partial charge in [-0.05, 0) is 40.9 Å². The van der Waals surface area contributed by atoms with Crippen molar-refractivity contribution in [2.24, 2.45) is 0 Å². The van der Waals surface area contributed by atoms with Gasteiger partial charge in [-0.3, -0.25) is 0 Å². The Morgan fingerprint density at radius 3 is 2.71 bits per heavy atom. The number of halogens is 2. The fourth-order valence-electron chi connectivity index (χ4n) is 1.37. The average Bonchev–Trinajstić information content (AvgIpc) is 2.18. The highest BCUT2D eigenvalue weighted by Crippen LogP contribution is 2.30. The SMILES string of the molecule is CCCCCc1c(F)ccc(Br)c1O. The third kappa shape index (κ3) is 2.71. The van der Waals surface area contributed by atoms with Gasteiger partial charge in [0.15, 0.2) is 0 Å². The summed E-state index contributed by atoms with van der Waals surface area (Å²) in [6.07, 6.45) is 3.67. The maximum Gasteiger partial charge on any atom is 0.135 e. The second kappa shape index (κ2) is 5.35. The molecule has 3 heteroatoms. The van der Waals surface area contributed by atoms with Crippen LogP contribution in [0.25, 0.3) is 0 Å². The van der Waals surface area contributed by atoms with Gasteiger partial charge in [0.05, 0.1) is 4.47 Å². The molecule has 0 aliphatic heterocycles. The van der Waals surface area contributed by atoms with Gasteiger partial charge in [-0.2, -0.15) is 0 Å². The molecule has 0 radical (unpaired) electrons. The standard InChI is InChI=1S/C11H14BrFO/c1-2-3-4-5-8-10(13)7-6-9(12)11(8)14/h6-7,14H,2-5H2,1H3. The highest BCUT2D eigenvalue weighted by molar-refractivity contribution is 9.10. The van der Waals surface area contributed by atoms with Crippen molar-refractivity contribution >= 4 is 15.9 Å². The molecule has 0 heterocycles. The van der Waals surface area contributed by atoms with Gasteiger partial charge in [-0.1, -0.05) is 19.8 Å². The Morgan fingerprint density at radius 2 is 2.07 bits per heavy atom. The van der Waals surface area contributed by atoms with Crippen LogP contribution >= 0.6 is 15.9 Å². The largest absolute Gasteiger partial charge is 0.506 e. The predicted octanol–water partition coefficient (Wildman–Crippen LogP) is 4.03. The van der Waals surface area contributed by atoms with Crippen LogP contribution in [-0.2, 0) is 6.42 Å². The van der Waals surface area contributed by atoms with Gasteiger partial charge in [0, 0.05) is 5.56 Å². The molecule has 0 spiro atoms. The van der Waals surface area contributed by atoms with E-state index in [4.69, 9.17) is 0 Å². The molecule has 1 rings (SSSR count). The summed E-state index contributed by atoms with van der Waals surface area (Å²) in [5.41, 5.74) is 0.424. The first-order chi connectivity index (χ1) is 6.66. The molecule has 14 heavy (non-hydrogen) atoms. The lowest BCUT2D eigenvalue weighted by atomic mass is 10.1. The van der Waals surface area contributed by atoms with E-state index in [1.165, 1.54) is 12.1 Å². The molecular weight excluding hydrogens is 247 g/mol. The third-order valence-electron chi connectivity index (χ3n) is 2.21. The van der Waals surface area contributed by atoms with Crippen molar-refractivity contribution in [3.05, 3.63) is 28.0 Å². The van der Waals surface area contributed by atoms with E-state index in [-0.39, 0.29) is 11.6 Å². The van der Waals surface area contributed by atoms with Crippen LogP contribution in [-0.4, -0.2) is 5.11 Å². The highest BCUT2D eigenvalue weighted by Gasteiger charge is 2.10. The topological polar surface area (TPSA) is 20.2 Å². The van der Waals surface area contributed by atoms with E-state index in [1.54, 1.807) is 0 Å². The second-order valence-corrected chi connectivity index (χ2v) is 4.17. The summed E-state index contributed by atoms with van der Waals surface area (Å²) in [4.78, 5) is 0. The summed E-state index contributed by atoms with van der Waals surface area (Å²) < 4.78 is 13.8. The number of hydrogen-bond acceptors (Lipinski definition) is 1. The smallest absolute Gasteiger partial charge is 0.135 e. The van der Waals surface area contributed by atoms with Gasteiger partial charge in [-0.15, -0.1) is 0 Å². The summed E-state index contributed by atoms with van der Waals surface area (Å²) in [6.45, 7) is 2.09.